The number of ether oxygens (including phenoxy) is 4. The van der Waals surface area contributed by atoms with E-state index in [2.05, 4.69) is 8.75 Å². The molecular weight excluding hydrogens is 515 g/mol. The molecule has 1 N–H and O–H groups in total. The maximum Gasteiger partial charge on any atom is 0.336 e. The highest BCUT2D eigenvalue weighted by atomic mass is 32.1. The Hall–Kier alpha value is -4.51. The van der Waals surface area contributed by atoms with Crippen LogP contribution in [0, 0.1) is 5.82 Å². The van der Waals surface area contributed by atoms with Crippen molar-refractivity contribution in [3.8, 4) is 23.0 Å². The van der Waals surface area contributed by atoms with E-state index in [-0.39, 0.29) is 34.4 Å². The lowest BCUT2D eigenvalue weighted by Gasteiger charge is -2.17. The summed E-state index contributed by atoms with van der Waals surface area (Å²) < 4.78 is 44.0. The van der Waals surface area contributed by atoms with Crippen molar-refractivity contribution in [1.82, 2.24) is 8.75 Å². The first-order chi connectivity index (χ1) is 18.3. The van der Waals surface area contributed by atoms with Gasteiger partial charge in [-0.15, -0.1) is 0 Å². The average Bonchev–Trinajstić information content (AvgIpc) is 3.39. The van der Waals surface area contributed by atoms with Gasteiger partial charge in [0, 0.05) is 17.6 Å². The number of carboxylic acids is 1. The van der Waals surface area contributed by atoms with Gasteiger partial charge in [-0.25, -0.2) is 9.18 Å². The van der Waals surface area contributed by atoms with Crippen molar-refractivity contribution in [2.24, 2.45) is 0 Å². The summed E-state index contributed by atoms with van der Waals surface area (Å²) in [5, 5.41) is 10.3. The SMILES string of the molecule is COc1ccc(C(=O)C(Cc2cc(OC)c(OC)c(OC)c2)=C(C(=O)O)c2ccc3nsnc3c2)cc1F. The van der Waals surface area contributed by atoms with E-state index in [1.54, 1.807) is 30.3 Å². The molecule has 0 bridgehead atoms. The number of aliphatic carboxylic acids is 1. The summed E-state index contributed by atoms with van der Waals surface area (Å²) in [6.45, 7) is 0. The number of benzene rings is 3. The van der Waals surface area contributed by atoms with Crippen LogP contribution in [0.2, 0.25) is 0 Å². The number of fused-ring (bicyclic) bond motifs is 1. The number of rotatable bonds is 10. The second-order valence-corrected chi connectivity index (χ2v) is 8.54. The summed E-state index contributed by atoms with van der Waals surface area (Å²) in [6.07, 6.45) is -0.141. The standard InChI is InChI=1S/C27H23FN2O7S/c1-34-21-8-6-16(12-18(21)28)25(31)17(9-14-10-22(35-2)26(37-4)23(11-14)36-3)24(27(32)33)15-5-7-19-20(13-15)30-38-29-19/h5-8,10-13H,9H2,1-4H3,(H,32,33). The van der Waals surface area contributed by atoms with Crippen molar-refractivity contribution in [2.45, 2.75) is 6.42 Å². The fourth-order valence-corrected chi connectivity index (χ4v) is 4.59. The lowest BCUT2D eigenvalue weighted by Crippen LogP contribution is -2.14. The number of hydrogen-bond acceptors (Lipinski definition) is 9. The molecule has 196 valence electrons. The van der Waals surface area contributed by atoms with Gasteiger partial charge in [0.1, 0.15) is 11.0 Å². The maximum absolute atomic E-state index is 14.5. The molecule has 9 nitrogen and oxygen atoms in total. The van der Waals surface area contributed by atoms with Gasteiger partial charge in [-0.3, -0.25) is 4.79 Å². The molecule has 0 aliphatic rings. The molecule has 0 radical (unpaired) electrons. The number of allylic oxidation sites excluding steroid dienone is 1. The molecule has 0 amide bonds. The van der Waals surface area contributed by atoms with E-state index in [9.17, 15) is 19.1 Å². The quantitative estimate of drug-likeness (QED) is 0.224. The van der Waals surface area contributed by atoms with E-state index in [1.165, 1.54) is 40.6 Å². The van der Waals surface area contributed by atoms with Crippen LogP contribution < -0.4 is 18.9 Å². The van der Waals surface area contributed by atoms with Crippen molar-refractivity contribution in [1.29, 1.82) is 0 Å². The molecule has 0 aliphatic heterocycles. The number of Topliss-reactive ketones (excluding diaryl/α,β-unsaturated/α-hetero) is 1. The number of carbonyl (C=O) groups is 2. The van der Waals surface area contributed by atoms with Crippen LogP contribution in [0.25, 0.3) is 16.6 Å². The van der Waals surface area contributed by atoms with E-state index >= 15 is 0 Å². The Balaban J connectivity index is 1.95. The van der Waals surface area contributed by atoms with Crippen molar-refractivity contribution >= 4 is 40.1 Å². The number of aromatic nitrogens is 2. The second kappa shape index (κ2) is 11.3. The van der Waals surface area contributed by atoms with E-state index in [0.29, 0.717) is 33.8 Å². The molecule has 1 heterocycles. The third kappa shape index (κ3) is 5.14. The number of carboxylic acid groups (broad SMARTS) is 1. The summed E-state index contributed by atoms with van der Waals surface area (Å²) in [7, 11) is 5.66. The fraction of sp³-hybridized carbons (Fsp3) is 0.185. The summed E-state index contributed by atoms with van der Waals surface area (Å²) in [5.41, 5.74) is 1.46. The Morgan fingerprint density at radius 1 is 0.816 bits per heavy atom. The first-order valence-corrected chi connectivity index (χ1v) is 11.9. The number of carbonyl (C=O) groups excluding carboxylic acids is 1. The number of nitrogens with zero attached hydrogens (tertiary/aromatic N) is 2. The van der Waals surface area contributed by atoms with Crippen LogP contribution >= 0.6 is 11.7 Å². The lowest BCUT2D eigenvalue weighted by atomic mass is 9.89. The number of methoxy groups -OCH3 is 4. The smallest absolute Gasteiger partial charge is 0.336 e. The first kappa shape index (κ1) is 26.6. The van der Waals surface area contributed by atoms with Crippen LogP contribution in [0.15, 0.2) is 54.1 Å². The van der Waals surface area contributed by atoms with E-state index in [1.807, 2.05) is 0 Å². The van der Waals surface area contributed by atoms with Gasteiger partial charge in [-0.05, 0) is 53.6 Å². The number of halogens is 1. The third-order valence-electron chi connectivity index (χ3n) is 5.85. The Morgan fingerprint density at radius 3 is 2.03 bits per heavy atom. The van der Waals surface area contributed by atoms with Crippen LogP contribution in [0.5, 0.6) is 23.0 Å². The van der Waals surface area contributed by atoms with Crippen LogP contribution in [0.4, 0.5) is 4.39 Å². The number of hydrogen-bond donors (Lipinski definition) is 1. The highest BCUT2D eigenvalue weighted by Gasteiger charge is 2.26. The Labute approximate surface area is 221 Å². The first-order valence-electron chi connectivity index (χ1n) is 11.2. The van der Waals surface area contributed by atoms with E-state index in [4.69, 9.17) is 18.9 Å². The lowest BCUT2D eigenvalue weighted by molar-refractivity contribution is -0.130. The largest absolute Gasteiger partial charge is 0.494 e. The van der Waals surface area contributed by atoms with Gasteiger partial charge in [-0.1, -0.05) is 6.07 Å². The number of ketones is 1. The molecular formula is C27H23FN2O7S. The van der Waals surface area contributed by atoms with Crippen LogP contribution in [-0.2, 0) is 11.2 Å². The molecule has 4 aromatic rings. The zero-order valence-corrected chi connectivity index (χ0v) is 21.7. The molecule has 11 heteroatoms. The van der Waals surface area contributed by atoms with Gasteiger partial charge in [0.15, 0.2) is 28.8 Å². The summed E-state index contributed by atoms with van der Waals surface area (Å²) in [6, 6.07) is 11.7. The minimum atomic E-state index is -1.34. The maximum atomic E-state index is 14.5. The van der Waals surface area contributed by atoms with Gasteiger partial charge in [0.25, 0.3) is 0 Å². The van der Waals surface area contributed by atoms with Crippen molar-refractivity contribution in [3.05, 3.63) is 76.6 Å². The molecule has 0 aliphatic carbocycles. The second-order valence-electron chi connectivity index (χ2n) is 8.02. The highest BCUT2D eigenvalue weighted by molar-refractivity contribution is 7.00. The average molecular weight is 539 g/mol. The molecule has 0 spiro atoms. The van der Waals surface area contributed by atoms with Crippen molar-refractivity contribution in [3.63, 3.8) is 0 Å². The van der Waals surface area contributed by atoms with Crippen LogP contribution in [-0.4, -0.2) is 54.0 Å². The predicted octanol–water partition coefficient (Wildman–Crippen LogP) is 4.83. The summed E-state index contributed by atoms with van der Waals surface area (Å²) in [4.78, 5) is 26.5. The van der Waals surface area contributed by atoms with Gasteiger partial charge in [-0.2, -0.15) is 8.75 Å². The Morgan fingerprint density at radius 2 is 1.45 bits per heavy atom. The normalized spacial score (nSPS) is 11.6. The summed E-state index contributed by atoms with van der Waals surface area (Å²) >= 11 is 0.989. The molecule has 0 fully saturated rings. The van der Waals surface area contributed by atoms with Crippen LogP contribution in [0.3, 0.4) is 0 Å². The topological polar surface area (TPSA) is 117 Å². The molecule has 0 atom stereocenters. The minimum absolute atomic E-state index is 0.0408. The molecule has 3 aromatic carbocycles. The molecule has 4 rings (SSSR count). The molecule has 0 unspecified atom stereocenters. The van der Waals surface area contributed by atoms with Gasteiger partial charge in [0.05, 0.1) is 45.7 Å². The molecule has 0 saturated carbocycles. The Bertz CT molecular complexity index is 1540. The minimum Gasteiger partial charge on any atom is -0.494 e. The van der Waals surface area contributed by atoms with E-state index in [0.717, 1.165) is 17.8 Å². The van der Waals surface area contributed by atoms with Crippen molar-refractivity contribution in [2.75, 3.05) is 28.4 Å². The molecule has 0 saturated heterocycles. The molecule has 1 aromatic heterocycles. The van der Waals surface area contributed by atoms with E-state index < -0.39 is 17.6 Å². The highest BCUT2D eigenvalue weighted by Crippen LogP contribution is 2.39. The van der Waals surface area contributed by atoms with Gasteiger partial charge in [0.2, 0.25) is 5.75 Å². The monoisotopic (exact) mass is 538 g/mol. The molecule has 38 heavy (non-hydrogen) atoms. The van der Waals surface area contributed by atoms with Gasteiger partial charge >= 0.3 is 5.97 Å². The van der Waals surface area contributed by atoms with Gasteiger partial charge < -0.3 is 24.1 Å². The fourth-order valence-electron chi connectivity index (χ4n) is 4.07. The van der Waals surface area contributed by atoms with Crippen molar-refractivity contribution < 1.29 is 38.0 Å². The van der Waals surface area contributed by atoms with Crippen LogP contribution in [0.1, 0.15) is 21.5 Å². The predicted molar refractivity (Wildman–Crippen MR) is 139 cm³/mol. The third-order valence-corrected chi connectivity index (χ3v) is 6.41. The summed E-state index contributed by atoms with van der Waals surface area (Å²) in [5.74, 6) is -1.81. The Kier molecular flexibility index (Phi) is 7.87. The zero-order valence-electron chi connectivity index (χ0n) is 20.9. The zero-order chi connectivity index (χ0) is 27.4.